The van der Waals surface area contributed by atoms with E-state index in [1.807, 2.05) is 0 Å². The lowest BCUT2D eigenvalue weighted by Gasteiger charge is -2.22. The van der Waals surface area contributed by atoms with Crippen molar-refractivity contribution in [2.75, 3.05) is 19.0 Å². The van der Waals surface area contributed by atoms with Crippen LogP contribution in [0.5, 0.6) is 0 Å². The number of hydrogen-bond acceptors (Lipinski definition) is 4. The van der Waals surface area contributed by atoms with Crippen molar-refractivity contribution in [2.45, 2.75) is 13.8 Å². The minimum absolute atomic E-state index is 0.115. The third kappa shape index (κ3) is 3.96. The lowest BCUT2D eigenvalue weighted by atomic mass is 9.92. The summed E-state index contributed by atoms with van der Waals surface area (Å²) in [5.41, 5.74) is 3.08. The van der Waals surface area contributed by atoms with Crippen molar-refractivity contribution in [1.82, 2.24) is 10.6 Å². The topological polar surface area (TPSA) is 96.2 Å². The zero-order valence-electron chi connectivity index (χ0n) is 11.4. The molecule has 0 radical (unpaired) electrons. The van der Waals surface area contributed by atoms with Crippen molar-refractivity contribution < 1.29 is 9.59 Å². The van der Waals surface area contributed by atoms with Crippen LogP contribution < -0.4 is 21.9 Å². The van der Waals surface area contributed by atoms with Gasteiger partial charge in [-0.2, -0.15) is 0 Å². The SMILES string of the molecule is CNC(=O)C(C)(C)CNC(=O)c1ccc(NN)cc1. The van der Waals surface area contributed by atoms with Crippen molar-refractivity contribution in [3.05, 3.63) is 29.8 Å². The highest BCUT2D eigenvalue weighted by Crippen LogP contribution is 2.14. The number of nitrogens with two attached hydrogens (primary N) is 1. The summed E-state index contributed by atoms with van der Waals surface area (Å²) in [6, 6.07) is 6.74. The first-order valence-electron chi connectivity index (χ1n) is 5.98. The zero-order valence-corrected chi connectivity index (χ0v) is 11.4. The monoisotopic (exact) mass is 264 g/mol. The Morgan fingerprint density at radius 2 is 1.79 bits per heavy atom. The highest BCUT2D eigenvalue weighted by atomic mass is 16.2. The molecule has 104 valence electrons. The van der Waals surface area contributed by atoms with Gasteiger partial charge in [-0.3, -0.25) is 15.4 Å². The fourth-order valence-corrected chi connectivity index (χ4v) is 1.54. The molecule has 1 rings (SSSR count). The second-order valence-corrected chi connectivity index (χ2v) is 4.87. The van der Waals surface area contributed by atoms with E-state index in [9.17, 15) is 9.59 Å². The van der Waals surface area contributed by atoms with Gasteiger partial charge in [0.15, 0.2) is 0 Å². The Morgan fingerprint density at radius 1 is 1.21 bits per heavy atom. The van der Waals surface area contributed by atoms with Crippen molar-refractivity contribution >= 4 is 17.5 Å². The van der Waals surface area contributed by atoms with Crippen LogP contribution >= 0.6 is 0 Å². The predicted molar refractivity (Wildman–Crippen MR) is 74.4 cm³/mol. The number of hydrazine groups is 1. The van der Waals surface area contributed by atoms with Crippen molar-refractivity contribution in [2.24, 2.45) is 11.3 Å². The van der Waals surface area contributed by atoms with Crippen LogP contribution in [-0.4, -0.2) is 25.4 Å². The van der Waals surface area contributed by atoms with Gasteiger partial charge in [0, 0.05) is 24.8 Å². The van der Waals surface area contributed by atoms with Gasteiger partial charge >= 0.3 is 0 Å². The average Bonchev–Trinajstić information content (AvgIpc) is 2.43. The summed E-state index contributed by atoms with van der Waals surface area (Å²) >= 11 is 0. The Bertz CT molecular complexity index is 454. The van der Waals surface area contributed by atoms with Crippen LogP contribution in [0.3, 0.4) is 0 Å². The summed E-state index contributed by atoms with van der Waals surface area (Å²) in [5, 5.41) is 5.31. The van der Waals surface area contributed by atoms with E-state index in [4.69, 9.17) is 5.84 Å². The van der Waals surface area contributed by atoms with E-state index in [1.165, 1.54) is 0 Å². The van der Waals surface area contributed by atoms with Crippen LogP contribution in [0.25, 0.3) is 0 Å². The van der Waals surface area contributed by atoms with E-state index in [2.05, 4.69) is 16.1 Å². The van der Waals surface area contributed by atoms with E-state index >= 15 is 0 Å². The number of nitrogens with one attached hydrogen (secondary N) is 3. The number of benzene rings is 1. The second-order valence-electron chi connectivity index (χ2n) is 4.87. The fourth-order valence-electron chi connectivity index (χ4n) is 1.54. The first kappa shape index (κ1) is 15.0. The van der Waals surface area contributed by atoms with Gasteiger partial charge in [0.2, 0.25) is 5.91 Å². The van der Waals surface area contributed by atoms with Crippen LogP contribution in [0.4, 0.5) is 5.69 Å². The van der Waals surface area contributed by atoms with Gasteiger partial charge in [0.25, 0.3) is 5.91 Å². The molecular formula is C13H20N4O2. The van der Waals surface area contributed by atoms with Gasteiger partial charge in [-0.05, 0) is 38.1 Å². The fraction of sp³-hybridized carbons (Fsp3) is 0.385. The van der Waals surface area contributed by atoms with E-state index in [1.54, 1.807) is 45.2 Å². The van der Waals surface area contributed by atoms with Crippen LogP contribution in [0, 0.1) is 5.41 Å². The Labute approximate surface area is 112 Å². The van der Waals surface area contributed by atoms with Gasteiger partial charge in [-0.15, -0.1) is 0 Å². The molecule has 6 heteroatoms. The summed E-state index contributed by atoms with van der Waals surface area (Å²) in [5.74, 6) is 4.91. The molecule has 1 aromatic rings. The maximum atomic E-state index is 11.9. The third-order valence-corrected chi connectivity index (χ3v) is 2.85. The smallest absolute Gasteiger partial charge is 0.251 e. The number of carbonyl (C=O) groups is 2. The van der Waals surface area contributed by atoms with Crippen LogP contribution in [0.2, 0.25) is 0 Å². The molecule has 6 nitrogen and oxygen atoms in total. The predicted octanol–water partition coefficient (Wildman–Crippen LogP) is 0.474. The molecule has 2 amide bonds. The van der Waals surface area contributed by atoms with E-state index in [0.717, 1.165) is 5.69 Å². The van der Waals surface area contributed by atoms with Gasteiger partial charge in [-0.1, -0.05) is 0 Å². The van der Waals surface area contributed by atoms with Crippen molar-refractivity contribution in [3.8, 4) is 0 Å². The molecule has 0 saturated heterocycles. The molecule has 0 aromatic heterocycles. The summed E-state index contributed by atoms with van der Waals surface area (Å²) in [4.78, 5) is 23.5. The molecule has 5 N–H and O–H groups in total. The molecule has 0 aliphatic rings. The quantitative estimate of drug-likeness (QED) is 0.459. The zero-order chi connectivity index (χ0) is 14.5. The maximum Gasteiger partial charge on any atom is 0.251 e. The average molecular weight is 264 g/mol. The number of anilines is 1. The summed E-state index contributed by atoms with van der Waals surface area (Å²) < 4.78 is 0. The lowest BCUT2D eigenvalue weighted by molar-refractivity contribution is -0.128. The van der Waals surface area contributed by atoms with Gasteiger partial charge in [-0.25, -0.2) is 0 Å². The van der Waals surface area contributed by atoms with E-state index < -0.39 is 5.41 Å². The normalized spacial score (nSPS) is 10.7. The highest BCUT2D eigenvalue weighted by molar-refractivity contribution is 5.95. The Hall–Kier alpha value is -2.08. The van der Waals surface area contributed by atoms with E-state index in [-0.39, 0.29) is 18.4 Å². The molecule has 0 fully saturated rings. The van der Waals surface area contributed by atoms with Gasteiger partial charge in [0.1, 0.15) is 0 Å². The summed E-state index contributed by atoms with van der Waals surface area (Å²) in [6.45, 7) is 3.81. The van der Waals surface area contributed by atoms with E-state index in [0.29, 0.717) is 5.56 Å². The maximum absolute atomic E-state index is 11.9. The molecule has 0 spiro atoms. The standard InChI is InChI=1S/C13H20N4O2/c1-13(2,12(19)15-3)8-16-11(18)9-4-6-10(17-14)7-5-9/h4-7,17H,8,14H2,1-3H3,(H,15,19)(H,16,18). The van der Waals surface area contributed by atoms with Crippen LogP contribution in [-0.2, 0) is 4.79 Å². The molecular weight excluding hydrogens is 244 g/mol. The summed E-state index contributed by atoms with van der Waals surface area (Å²) in [7, 11) is 1.57. The number of amides is 2. The van der Waals surface area contributed by atoms with Gasteiger partial charge < -0.3 is 16.1 Å². The van der Waals surface area contributed by atoms with Gasteiger partial charge in [0.05, 0.1) is 5.41 Å². The second kappa shape index (κ2) is 6.19. The Morgan fingerprint density at radius 3 is 2.26 bits per heavy atom. The lowest BCUT2D eigenvalue weighted by Crippen LogP contribution is -2.43. The molecule has 19 heavy (non-hydrogen) atoms. The Balaban J connectivity index is 2.62. The molecule has 0 heterocycles. The molecule has 0 atom stereocenters. The largest absolute Gasteiger partial charge is 0.359 e. The van der Waals surface area contributed by atoms with Crippen molar-refractivity contribution in [3.63, 3.8) is 0 Å². The summed E-state index contributed by atoms with van der Waals surface area (Å²) in [6.07, 6.45) is 0. The first-order valence-corrected chi connectivity index (χ1v) is 5.98. The van der Waals surface area contributed by atoms with Crippen LogP contribution in [0.15, 0.2) is 24.3 Å². The molecule has 0 aliphatic carbocycles. The minimum atomic E-state index is -0.650. The molecule has 0 unspecified atom stereocenters. The third-order valence-electron chi connectivity index (χ3n) is 2.85. The highest BCUT2D eigenvalue weighted by Gasteiger charge is 2.27. The first-order chi connectivity index (χ1) is 8.90. The molecule has 0 aliphatic heterocycles. The number of nitrogen functional groups attached to an aromatic ring is 1. The molecule has 0 bridgehead atoms. The van der Waals surface area contributed by atoms with Crippen LogP contribution in [0.1, 0.15) is 24.2 Å². The Kier molecular flexibility index (Phi) is 4.88. The molecule has 0 saturated carbocycles. The number of hydrogen-bond donors (Lipinski definition) is 4. The minimum Gasteiger partial charge on any atom is -0.359 e. The van der Waals surface area contributed by atoms with Crippen molar-refractivity contribution in [1.29, 1.82) is 0 Å². The number of rotatable bonds is 5. The molecule has 1 aromatic carbocycles. The number of carbonyl (C=O) groups excluding carboxylic acids is 2.